The Morgan fingerprint density at radius 2 is 1.95 bits per heavy atom. The van der Waals surface area contributed by atoms with Crippen LogP contribution >= 0.6 is 11.6 Å². The number of benzene rings is 2. The minimum atomic E-state index is -0.490. The zero-order valence-corrected chi connectivity index (χ0v) is 11.4. The number of halogens is 1. The van der Waals surface area contributed by atoms with Gasteiger partial charge in [0.05, 0.1) is 27.3 Å². The molecular formula is C14H9ClN2O4. The summed E-state index contributed by atoms with van der Waals surface area (Å²) in [4.78, 5) is 14.8. The first-order chi connectivity index (χ1) is 10.1. The third-order valence-electron chi connectivity index (χ3n) is 2.91. The topological polar surface area (TPSA) is 74.0 Å². The Morgan fingerprint density at radius 1 is 1.24 bits per heavy atom. The monoisotopic (exact) mass is 304 g/mol. The van der Waals surface area contributed by atoms with E-state index in [1.165, 1.54) is 18.3 Å². The average Bonchev–Trinajstić information content (AvgIpc) is 2.92. The fourth-order valence-corrected chi connectivity index (χ4v) is 2.09. The Hall–Kier alpha value is -2.60. The van der Waals surface area contributed by atoms with E-state index in [2.05, 4.69) is 4.99 Å². The van der Waals surface area contributed by atoms with Crippen LogP contribution in [0.4, 0.5) is 11.4 Å². The molecule has 0 aliphatic carbocycles. The molecule has 1 heterocycles. The number of nitro groups is 1. The zero-order valence-electron chi connectivity index (χ0n) is 10.7. The van der Waals surface area contributed by atoms with Gasteiger partial charge in [-0.2, -0.15) is 0 Å². The number of nitrogens with zero attached hydrogens (tertiary/aromatic N) is 2. The van der Waals surface area contributed by atoms with E-state index < -0.39 is 4.92 Å². The molecule has 6 nitrogen and oxygen atoms in total. The third-order valence-corrected chi connectivity index (χ3v) is 3.23. The highest BCUT2D eigenvalue weighted by Gasteiger charge is 2.22. The molecule has 0 saturated carbocycles. The molecule has 0 atom stereocenters. The number of fused-ring (bicyclic) bond motifs is 1. The highest BCUT2D eigenvalue weighted by molar-refractivity contribution is 6.33. The Morgan fingerprint density at radius 3 is 2.67 bits per heavy atom. The van der Waals surface area contributed by atoms with Gasteiger partial charge in [-0.15, -0.1) is 0 Å². The summed E-state index contributed by atoms with van der Waals surface area (Å²) >= 11 is 5.99. The predicted octanol–water partition coefficient (Wildman–Crippen LogP) is 3.73. The summed E-state index contributed by atoms with van der Waals surface area (Å²) in [5.74, 6) is 0.817. The fourth-order valence-electron chi connectivity index (χ4n) is 1.90. The van der Waals surface area contributed by atoms with Gasteiger partial charge in [-0.1, -0.05) is 23.7 Å². The first-order valence-corrected chi connectivity index (χ1v) is 6.39. The number of para-hydroxylation sites is 1. The van der Waals surface area contributed by atoms with Crippen molar-refractivity contribution in [1.29, 1.82) is 0 Å². The van der Waals surface area contributed by atoms with Crippen LogP contribution in [0, 0.1) is 10.1 Å². The van der Waals surface area contributed by atoms with Crippen molar-refractivity contribution in [3.63, 3.8) is 0 Å². The van der Waals surface area contributed by atoms with E-state index in [9.17, 15) is 10.1 Å². The summed E-state index contributed by atoms with van der Waals surface area (Å²) in [7, 11) is 0. The molecule has 0 N–H and O–H groups in total. The van der Waals surface area contributed by atoms with Gasteiger partial charge in [0.15, 0.2) is 11.5 Å². The van der Waals surface area contributed by atoms with Crippen LogP contribution < -0.4 is 9.47 Å². The lowest BCUT2D eigenvalue weighted by Gasteiger charge is -2.01. The molecule has 1 aliphatic heterocycles. The van der Waals surface area contributed by atoms with Crippen LogP contribution in [0.15, 0.2) is 41.4 Å². The van der Waals surface area contributed by atoms with Gasteiger partial charge < -0.3 is 9.47 Å². The van der Waals surface area contributed by atoms with Crippen LogP contribution in [0.2, 0.25) is 5.02 Å². The summed E-state index contributed by atoms with van der Waals surface area (Å²) in [6.07, 6.45) is 1.39. The van der Waals surface area contributed by atoms with Crippen molar-refractivity contribution in [3.8, 4) is 11.5 Å². The molecule has 0 radical (unpaired) electrons. The van der Waals surface area contributed by atoms with Gasteiger partial charge >= 0.3 is 0 Å². The minimum absolute atomic E-state index is 0.0532. The normalized spacial score (nSPS) is 12.8. The second-order valence-corrected chi connectivity index (χ2v) is 4.64. The van der Waals surface area contributed by atoms with Crippen LogP contribution in [-0.2, 0) is 0 Å². The van der Waals surface area contributed by atoms with Gasteiger partial charge in [0, 0.05) is 6.21 Å². The lowest BCUT2D eigenvalue weighted by Crippen LogP contribution is -1.94. The van der Waals surface area contributed by atoms with Crippen molar-refractivity contribution in [2.45, 2.75) is 0 Å². The van der Waals surface area contributed by atoms with Gasteiger partial charge in [0.2, 0.25) is 6.79 Å². The van der Waals surface area contributed by atoms with Crippen LogP contribution in [0.1, 0.15) is 5.56 Å². The number of nitro benzene ring substituents is 1. The third kappa shape index (κ3) is 2.66. The van der Waals surface area contributed by atoms with Crippen molar-refractivity contribution < 1.29 is 14.4 Å². The molecule has 7 heteroatoms. The SMILES string of the molecule is O=[N+]([O-])c1cc2c(cc1C=Nc1ccccc1Cl)OCO2. The van der Waals surface area contributed by atoms with Crippen molar-refractivity contribution in [2.75, 3.05) is 6.79 Å². The first-order valence-electron chi connectivity index (χ1n) is 6.02. The summed E-state index contributed by atoms with van der Waals surface area (Å²) in [5, 5.41) is 11.6. The molecule has 2 aromatic carbocycles. The molecule has 106 valence electrons. The molecule has 0 spiro atoms. The van der Waals surface area contributed by atoms with E-state index >= 15 is 0 Å². The maximum Gasteiger partial charge on any atom is 0.282 e. The molecule has 0 saturated heterocycles. The van der Waals surface area contributed by atoms with Crippen LogP contribution in [0.3, 0.4) is 0 Å². The number of ether oxygens (including phenoxy) is 2. The maximum atomic E-state index is 11.1. The Labute approximate surface area is 124 Å². The van der Waals surface area contributed by atoms with Gasteiger partial charge in [0.25, 0.3) is 5.69 Å². The lowest BCUT2D eigenvalue weighted by atomic mass is 10.1. The molecular weight excluding hydrogens is 296 g/mol. The fraction of sp³-hybridized carbons (Fsp3) is 0.0714. The van der Waals surface area contributed by atoms with Gasteiger partial charge in [-0.25, -0.2) is 0 Å². The van der Waals surface area contributed by atoms with E-state index in [0.29, 0.717) is 27.8 Å². The molecule has 0 unspecified atom stereocenters. The van der Waals surface area contributed by atoms with Crippen LogP contribution in [0.5, 0.6) is 11.5 Å². The molecule has 0 bridgehead atoms. The summed E-state index contributed by atoms with van der Waals surface area (Å²) in [5.41, 5.74) is 0.755. The zero-order chi connectivity index (χ0) is 14.8. The van der Waals surface area contributed by atoms with Crippen LogP contribution in [0.25, 0.3) is 0 Å². The van der Waals surface area contributed by atoms with Crippen molar-refractivity contribution in [1.82, 2.24) is 0 Å². The summed E-state index contributed by atoms with van der Waals surface area (Å²) in [6.45, 7) is 0.0532. The number of rotatable bonds is 3. The number of hydrogen-bond donors (Lipinski definition) is 0. The Balaban J connectivity index is 2.02. The van der Waals surface area contributed by atoms with Gasteiger partial charge in [-0.3, -0.25) is 15.1 Å². The Bertz CT molecular complexity index is 746. The second kappa shape index (κ2) is 5.41. The highest BCUT2D eigenvalue weighted by atomic mass is 35.5. The highest BCUT2D eigenvalue weighted by Crippen LogP contribution is 2.37. The first kappa shape index (κ1) is 13.4. The van der Waals surface area contributed by atoms with E-state index in [1.54, 1.807) is 24.3 Å². The van der Waals surface area contributed by atoms with Crippen molar-refractivity contribution >= 4 is 29.2 Å². The quantitative estimate of drug-likeness (QED) is 0.492. The average molecular weight is 305 g/mol. The molecule has 0 aromatic heterocycles. The molecule has 0 fully saturated rings. The van der Waals surface area contributed by atoms with Crippen molar-refractivity contribution in [2.24, 2.45) is 4.99 Å². The lowest BCUT2D eigenvalue weighted by molar-refractivity contribution is -0.385. The van der Waals surface area contributed by atoms with Gasteiger partial charge in [0.1, 0.15) is 0 Å². The van der Waals surface area contributed by atoms with E-state index in [0.717, 1.165) is 0 Å². The van der Waals surface area contributed by atoms with Crippen LogP contribution in [-0.4, -0.2) is 17.9 Å². The molecule has 2 aromatic rings. The molecule has 1 aliphatic rings. The summed E-state index contributed by atoms with van der Waals surface area (Å²) < 4.78 is 10.4. The summed E-state index contributed by atoms with van der Waals surface area (Å²) in [6, 6.07) is 9.84. The predicted molar refractivity (Wildman–Crippen MR) is 77.9 cm³/mol. The molecule has 3 rings (SSSR count). The maximum absolute atomic E-state index is 11.1. The number of aliphatic imine (C=N–C) groups is 1. The molecule has 21 heavy (non-hydrogen) atoms. The van der Waals surface area contributed by atoms with E-state index in [1.807, 2.05) is 0 Å². The van der Waals surface area contributed by atoms with Gasteiger partial charge in [-0.05, 0) is 18.2 Å². The van der Waals surface area contributed by atoms with E-state index in [-0.39, 0.29) is 12.5 Å². The van der Waals surface area contributed by atoms with Crippen molar-refractivity contribution in [3.05, 3.63) is 57.1 Å². The number of hydrogen-bond acceptors (Lipinski definition) is 5. The van der Waals surface area contributed by atoms with E-state index in [4.69, 9.17) is 21.1 Å². The Kier molecular flexibility index (Phi) is 3.45. The standard InChI is InChI=1S/C14H9ClN2O4/c15-10-3-1-2-4-11(10)16-7-9-5-13-14(21-8-20-13)6-12(9)17(18)19/h1-7H,8H2. The smallest absolute Gasteiger partial charge is 0.282 e. The largest absolute Gasteiger partial charge is 0.454 e. The second-order valence-electron chi connectivity index (χ2n) is 4.23. The molecule has 0 amide bonds. The minimum Gasteiger partial charge on any atom is -0.454 e.